The van der Waals surface area contributed by atoms with E-state index in [4.69, 9.17) is 4.74 Å². The van der Waals surface area contributed by atoms with E-state index in [0.717, 1.165) is 43.3 Å². The number of nitrogens with one attached hydrogen (secondary N) is 1. The van der Waals surface area contributed by atoms with Crippen LogP contribution in [0.2, 0.25) is 0 Å². The highest BCUT2D eigenvalue weighted by atomic mass is 127. The highest BCUT2D eigenvalue weighted by Crippen LogP contribution is 2.18. The first-order chi connectivity index (χ1) is 11.5. The van der Waals surface area contributed by atoms with Gasteiger partial charge in [0.25, 0.3) is 0 Å². The van der Waals surface area contributed by atoms with E-state index in [2.05, 4.69) is 26.3 Å². The number of hydrogen-bond donors (Lipinski definition) is 1. The number of hydrogen-bond acceptors (Lipinski definition) is 5. The number of pyridine rings is 1. The standard InChI is InChI=1S/C17H27N5O2.HI/c1-18-17(22-9-6-14(7-10-22)16(23)24-4)20-12-13-5-8-19-15(11-13)21(2)3;/h5,8,11,14H,6-7,9-10,12H2,1-4H3,(H,18,20);1H. The van der Waals surface area contributed by atoms with Crippen molar-refractivity contribution >= 4 is 41.7 Å². The molecule has 0 aliphatic carbocycles. The zero-order chi connectivity index (χ0) is 17.5. The largest absolute Gasteiger partial charge is 0.469 e. The van der Waals surface area contributed by atoms with Crippen molar-refractivity contribution in [2.75, 3.05) is 46.2 Å². The Kier molecular flexibility index (Phi) is 8.95. The molecule has 1 aromatic heterocycles. The summed E-state index contributed by atoms with van der Waals surface area (Å²) in [5.41, 5.74) is 1.15. The first-order valence-electron chi connectivity index (χ1n) is 8.20. The average Bonchev–Trinajstić information content (AvgIpc) is 2.62. The minimum absolute atomic E-state index is 0. The number of nitrogens with zero attached hydrogens (tertiary/aromatic N) is 4. The molecule has 0 aromatic carbocycles. The lowest BCUT2D eigenvalue weighted by Gasteiger charge is -2.33. The van der Waals surface area contributed by atoms with Crippen LogP contribution in [0.25, 0.3) is 0 Å². The van der Waals surface area contributed by atoms with E-state index in [1.165, 1.54) is 7.11 Å². The van der Waals surface area contributed by atoms with Crippen molar-refractivity contribution in [3.8, 4) is 0 Å². The van der Waals surface area contributed by atoms with Crippen molar-refractivity contribution in [2.45, 2.75) is 19.4 Å². The van der Waals surface area contributed by atoms with Crippen LogP contribution >= 0.6 is 24.0 Å². The number of guanidine groups is 1. The van der Waals surface area contributed by atoms with E-state index in [-0.39, 0.29) is 35.9 Å². The summed E-state index contributed by atoms with van der Waals surface area (Å²) < 4.78 is 4.83. The van der Waals surface area contributed by atoms with Gasteiger partial charge in [0.15, 0.2) is 5.96 Å². The van der Waals surface area contributed by atoms with Crippen molar-refractivity contribution in [1.82, 2.24) is 15.2 Å². The van der Waals surface area contributed by atoms with Crippen LogP contribution in [0.1, 0.15) is 18.4 Å². The molecule has 0 radical (unpaired) electrons. The Hall–Kier alpha value is -1.58. The molecule has 140 valence electrons. The number of esters is 1. The highest BCUT2D eigenvalue weighted by Gasteiger charge is 2.26. The Morgan fingerprint density at radius 3 is 2.68 bits per heavy atom. The molecule has 0 spiro atoms. The number of likely N-dealkylation sites (tertiary alicyclic amines) is 1. The number of methoxy groups -OCH3 is 1. The number of ether oxygens (including phenoxy) is 1. The zero-order valence-electron chi connectivity index (χ0n) is 15.4. The molecule has 8 heteroatoms. The molecule has 1 aromatic rings. The number of anilines is 1. The van der Waals surface area contributed by atoms with Crippen LogP contribution < -0.4 is 10.2 Å². The van der Waals surface area contributed by atoms with E-state index in [9.17, 15) is 4.79 Å². The summed E-state index contributed by atoms with van der Waals surface area (Å²) in [5, 5.41) is 3.39. The summed E-state index contributed by atoms with van der Waals surface area (Å²) in [6.07, 6.45) is 3.41. The average molecular weight is 461 g/mol. The summed E-state index contributed by atoms with van der Waals surface area (Å²) >= 11 is 0. The molecule has 1 saturated heterocycles. The molecular formula is C17H28IN5O2. The molecule has 25 heavy (non-hydrogen) atoms. The first kappa shape index (κ1) is 21.5. The molecule has 1 aliphatic heterocycles. The van der Waals surface area contributed by atoms with Gasteiger partial charge in [-0.25, -0.2) is 4.98 Å². The van der Waals surface area contributed by atoms with E-state index in [1.54, 1.807) is 7.05 Å². The van der Waals surface area contributed by atoms with E-state index >= 15 is 0 Å². The fraction of sp³-hybridized carbons (Fsp3) is 0.588. The lowest BCUT2D eigenvalue weighted by molar-refractivity contribution is -0.146. The second-order valence-electron chi connectivity index (χ2n) is 6.10. The van der Waals surface area contributed by atoms with E-state index in [0.29, 0.717) is 6.54 Å². The third-order valence-corrected chi connectivity index (χ3v) is 4.26. The second-order valence-corrected chi connectivity index (χ2v) is 6.10. The number of halogens is 1. The predicted molar refractivity (Wildman–Crippen MR) is 110 cm³/mol. The van der Waals surface area contributed by atoms with Gasteiger partial charge in [-0.2, -0.15) is 0 Å². The minimum atomic E-state index is -0.106. The summed E-state index contributed by atoms with van der Waals surface area (Å²) in [5.74, 6) is 1.70. The van der Waals surface area contributed by atoms with Crippen molar-refractivity contribution in [1.29, 1.82) is 0 Å². The molecule has 2 rings (SSSR count). The molecule has 0 bridgehead atoms. The first-order valence-corrected chi connectivity index (χ1v) is 8.20. The predicted octanol–water partition coefficient (Wildman–Crippen LogP) is 1.73. The number of carbonyl (C=O) groups is 1. The summed E-state index contributed by atoms with van der Waals surface area (Å²) in [7, 11) is 7.19. The van der Waals surface area contributed by atoms with Crippen LogP contribution in [0.15, 0.2) is 23.3 Å². The molecule has 1 N–H and O–H groups in total. The number of aromatic nitrogens is 1. The van der Waals surface area contributed by atoms with Crippen LogP contribution in [-0.4, -0.2) is 63.2 Å². The molecule has 0 unspecified atom stereocenters. The summed E-state index contributed by atoms with van der Waals surface area (Å²) in [6.45, 7) is 2.30. The van der Waals surface area contributed by atoms with Gasteiger partial charge in [0.1, 0.15) is 5.82 Å². The van der Waals surface area contributed by atoms with Gasteiger partial charge in [-0.05, 0) is 30.5 Å². The van der Waals surface area contributed by atoms with E-state index in [1.807, 2.05) is 31.3 Å². The SMILES string of the molecule is CN=C(NCc1ccnc(N(C)C)c1)N1CCC(C(=O)OC)CC1.I. The van der Waals surface area contributed by atoms with Gasteiger partial charge >= 0.3 is 5.97 Å². The maximum absolute atomic E-state index is 11.6. The maximum Gasteiger partial charge on any atom is 0.308 e. The fourth-order valence-electron chi connectivity index (χ4n) is 2.82. The van der Waals surface area contributed by atoms with Gasteiger partial charge in [-0.1, -0.05) is 0 Å². The van der Waals surface area contributed by atoms with Crippen LogP contribution in [0.3, 0.4) is 0 Å². The molecule has 2 heterocycles. The van der Waals surface area contributed by atoms with Crippen LogP contribution in [0.4, 0.5) is 5.82 Å². The number of piperidine rings is 1. The molecule has 1 aliphatic rings. The van der Waals surface area contributed by atoms with Gasteiger partial charge in [0.05, 0.1) is 13.0 Å². The van der Waals surface area contributed by atoms with Crippen LogP contribution in [0, 0.1) is 5.92 Å². The molecule has 7 nitrogen and oxygen atoms in total. The van der Waals surface area contributed by atoms with Crippen LogP contribution in [-0.2, 0) is 16.1 Å². The lowest BCUT2D eigenvalue weighted by atomic mass is 9.97. The molecule has 0 amide bonds. The molecular weight excluding hydrogens is 433 g/mol. The Morgan fingerprint density at radius 1 is 1.44 bits per heavy atom. The van der Waals surface area contributed by atoms with Crippen molar-refractivity contribution in [3.05, 3.63) is 23.9 Å². The van der Waals surface area contributed by atoms with Gasteiger partial charge in [-0.3, -0.25) is 9.79 Å². The fourth-order valence-corrected chi connectivity index (χ4v) is 2.82. The number of carbonyl (C=O) groups excluding carboxylic acids is 1. The van der Waals surface area contributed by atoms with Gasteiger partial charge < -0.3 is 19.9 Å². The monoisotopic (exact) mass is 461 g/mol. The quantitative estimate of drug-likeness (QED) is 0.319. The maximum atomic E-state index is 11.6. The van der Waals surface area contributed by atoms with Crippen molar-refractivity contribution in [3.63, 3.8) is 0 Å². The van der Waals surface area contributed by atoms with Crippen LogP contribution in [0.5, 0.6) is 0 Å². The van der Waals surface area contributed by atoms with Gasteiger partial charge in [-0.15, -0.1) is 24.0 Å². The van der Waals surface area contributed by atoms with Crippen molar-refractivity contribution in [2.24, 2.45) is 10.9 Å². The van der Waals surface area contributed by atoms with Crippen molar-refractivity contribution < 1.29 is 9.53 Å². The normalized spacial score (nSPS) is 15.4. The highest BCUT2D eigenvalue weighted by molar-refractivity contribution is 14.0. The number of aliphatic imine (C=N–C) groups is 1. The Bertz CT molecular complexity index is 586. The topological polar surface area (TPSA) is 70.1 Å². The zero-order valence-corrected chi connectivity index (χ0v) is 17.7. The summed E-state index contributed by atoms with van der Waals surface area (Å²) in [6, 6.07) is 4.06. The Balaban J connectivity index is 0.00000312. The Labute approximate surface area is 166 Å². The summed E-state index contributed by atoms with van der Waals surface area (Å²) in [4.78, 5) is 24.5. The molecule has 0 atom stereocenters. The molecule has 1 fully saturated rings. The van der Waals surface area contributed by atoms with E-state index < -0.39 is 0 Å². The third-order valence-electron chi connectivity index (χ3n) is 4.26. The number of rotatable bonds is 4. The smallest absolute Gasteiger partial charge is 0.308 e. The lowest BCUT2D eigenvalue weighted by Crippen LogP contribution is -2.46. The molecule has 0 saturated carbocycles. The van der Waals surface area contributed by atoms with Gasteiger partial charge in [0, 0.05) is 47.0 Å². The Morgan fingerprint density at radius 2 is 2.12 bits per heavy atom. The second kappa shape index (κ2) is 10.4. The third kappa shape index (κ3) is 6.02. The minimum Gasteiger partial charge on any atom is -0.469 e. The van der Waals surface area contributed by atoms with Gasteiger partial charge in [0.2, 0.25) is 0 Å².